The molecule has 2 aromatic carbocycles. The minimum atomic E-state index is -1.11. The number of benzene rings is 2. The molecule has 1 aliphatic carbocycles. The van der Waals surface area contributed by atoms with E-state index in [-0.39, 0.29) is 10.7 Å². The predicted octanol–water partition coefficient (Wildman–Crippen LogP) is 4.70. The van der Waals surface area contributed by atoms with Crippen LogP contribution in [0, 0.1) is 5.82 Å². The predicted molar refractivity (Wildman–Crippen MR) is 109 cm³/mol. The Hall–Kier alpha value is -2.99. The molecule has 1 N–H and O–H groups in total. The number of nitrogens with one attached hydrogen (secondary N) is 1. The molecular formula is C22H18ClFN2O3. The van der Waals surface area contributed by atoms with E-state index in [1.54, 1.807) is 0 Å². The van der Waals surface area contributed by atoms with Crippen LogP contribution in [0.1, 0.15) is 35.0 Å². The van der Waals surface area contributed by atoms with Crippen LogP contribution in [0.5, 0.6) is 0 Å². The number of amides is 1. The third-order valence-electron chi connectivity index (χ3n) is 4.97. The van der Waals surface area contributed by atoms with E-state index >= 15 is 0 Å². The van der Waals surface area contributed by atoms with Gasteiger partial charge in [0.25, 0.3) is 5.91 Å². The van der Waals surface area contributed by atoms with Crippen LogP contribution in [0.25, 0.3) is 10.9 Å². The maximum Gasteiger partial charge on any atom is 0.339 e. The van der Waals surface area contributed by atoms with Crippen molar-refractivity contribution in [1.29, 1.82) is 0 Å². The fourth-order valence-corrected chi connectivity index (χ4v) is 3.70. The number of carbonyl (C=O) groups excluding carboxylic acids is 2. The molecule has 1 aliphatic rings. The summed E-state index contributed by atoms with van der Waals surface area (Å²) in [5, 5.41) is 3.35. The summed E-state index contributed by atoms with van der Waals surface area (Å²) >= 11 is 5.72. The Labute approximate surface area is 171 Å². The van der Waals surface area contributed by atoms with Crippen LogP contribution in [0.15, 0.2) is 42.5 Å². The zero-order valence-corrected chi connectivity index (χ0v) is 16.4. The molecule has 0 saturated heterocycles. The fraction of sp³-hybridized carbons (Fsp3) is 0.227. The van der Waals surface area contributed by atoms with Crippen molar-refractivity contribution in [3.05, 3.63) is 70.1 Å². The number of carbonyl (C=O) groups is 2. The van der Waals surface area contributed by atoms with Crippen LogP contribution in [0.3, 0.4) is 0 Å². The minimum absolute atomic E-state index is 0.0300. The topological polar surface area (TPSA) is 68.3 Å². The third kappa shape index (κ3) is 3.80. The quantitative estimate of drug-likeness (QED) is 0.630. The van der Waals surface area contributed by atoms with Gasteiger partial charge in [0.2, 0.25) is 0 Å². The smallest absolute Gasteiger partial charge is 0.339 e. The zero-order chi connectivity index (χ0) is 20.5. The summed E-state index contributed by atoms with van der Waals surface area (Å²) < 4.78 is 19.4. The van der Waals surface area contributed by atoms with Crippen molar-refractivity contribution < 1.29 is 18.7 Å². The molecule has 29 heavy (non-hydrogen) atoms. The molecule has 1 aromatic heterocycles. The average molecular weight is 413 g/mol. The lowest BCUT2D eigenvalue weighted by molar-refractivity contribution is -0.123. The van der Waals surface area contributed by atoms with Gasteiger partial charge in [-0.15, -0.1) is 0 Å². The molecule has 1 amide bonds. The van der Waals surface area contributed by atoms with Gasteiger partial charge in [-0.25, -0.2) is 9.18 Å². The molecule has 0 saturated carbocycles. The summed E-state index contributed by atoms with van der Waals surface area (Å²) in [6, 6.07) is 11.3. The number of aromatic nitrogens is 1. The first-order valence-corrected chi connectivity index (χ1v) is 9.69. The number of rotatable bonds is 4. The van der Waals surface area contributed by atoms with Gasteiger partial charge < -0.3 is 10.1 Å². The Kier molecular flexibility index (Phi) is 5.20. The highest BCUT2D eigenvalue weighted by Crippen LogP contribution is 2.30. The number of anilines is 1. The fourth-order valence-electron chi connectivity index (χ4n) is 3.54. The summed E-state index contributed by atoms with van der Waals surface area (Å²) in [7, 11) is 0. The summed E-state index contributed by atoms with van der Waals surface area (Å²) in [5.41, 5.74) is 2.93. The Morgan fingerprint density at radius 2 is 2.00 bits per heavy atom. The molecule has 1 heterocycles. The van der Waals surface area contributed by atoms with Gasteiger partial charge in [0.15, 0.2) is 6.10 Å². The number of ether oxygens (including phenoxy) is 1. The summed E-state index contributed by atoms with van der Waals surface area (Å²) in [6.07, 6.45) is 1.37. The number of para-hydroxylation sites is 1. The SMILES string of the molecule is C[C@@H](OC(=O)c1c2c(nc3ccccc13)CCC2)C(=O)Nc1ccc(Cl)cc1F. The van der Waals surface area contributed by atoms with Crippen molar-refractivity contribution in [2.75, 3.05) is 5.32 Å². The molecule has 4 rings (SSSR count). The number of hydrogen-bond acceptors (Lipinski definition) is 4. The van der Waals surface area contributed by atoms with Gasteiger partial charge in [0.1, 0.15) is 5.82 Å². The van der Waals surface area contributed by atoms with E-state index < -0.39 is 23.8 Å². The summed E-state index contributed by atoms with van der Waals surface area (Å²) in [6.45, 7) is 1.45. The van der Waals surface area contributed by atoms with Crippen LogP contribution in [-0.4, -0.2) is 23.0 Å². The molecule has 0 fully saturated rings. The van der Waals surface area contributed by atoms with Crippen molar-refractivity contribution in [3.63, 3.8) is 0 Å². The van der Waals surface area contributed by atoms with Crippen LogP contribution in [-0.2, 0) is 22.4 Å². The van der Waals surface area contributed by atoms with Gasteiger partial charge in [-0.05, 0) is 56.0 Å². The second-order valence-corrected chi connectivity index (χ2v) is 7.38. The van der Waals surface area contributed by atoms with Crippen molar-refractivity contribution in [2.24, 2.45) is 0 Å². The van der Waals surface area contributed by atoms with Gasteiger partial charge in [-0.1, -0.05) is 29.8 Å². The molecule has 0 bridgehead atoms. The lowest BCUT2D eigenvalue weighted by Crippen LogP contribution is -2.30. The molecule has 3 aromatic rings. The van der Waals surface area contributed by atoms with Crippen LogP contribution < -0.4 is 5.32 Å². The Balaban J connectivity index is 1.57. The highest BCUT2D eigenvalue weighted by molar-refractivity contribution is 6.30. The van der Waals surface area contributed by atoms with E-state index in [9.17, 15) is 14.0 Å². The number of esters is 1. The molecule has 7 heteroatoms. The Morgan fingerprint density at radius 1 is 1.21 bits per heavy atom. The number of nitrogens with zero attached hydrogens (tertiary/aromatic N) is 1. The minimum Gasteiger partial charge on any atom is -0.449 e. The summed E-state index contributed by atoms with van der Waals surface area (Å²) in [4.78, 5) is 30.0. The monoisotopic (exact) mass is 412 g/mol. The first-order valence-electron chi connectivity index (χ1n) is 9.31. The lowest BCUT2D eigenvalue weighted by Gasteiger charge is -2.16. The average Bonchev–Trinajstić information content (AvgIpc) is 3.15. The lowest BCUT2D eigenvalue weighted by atomic mass is 10.0. The van der Waals surface area contributed by atoms with Crippen LogP contribution in [0.2, 0.25) is 5.02 Å². The van der Waals surface area contributed by atoms with Crippen molar-refractivity contribution in [1.82, 2.24) is 4.98 Å². The van der Waals surface area contributed by atoms with Crippen molar-refractivity contribution in [3.8, 4) is 0 Å². The molecule has 148 valence electrons. The van der Waals surface area contributed by atoms with E-state index in [2.05, 4.69) is 10.3 Å². The number of hydrogen-bond donors (Lipinski definition) is 1. The van der Waals surface area contributed by atoms with E-state index in [0.717, 1.165) is 42.1 Å². The molecule has 1 atom stereocenters. The normalized spacial score (nSPS) is 13.8. The maximum atomic E-state index is 13.9. The van der Waals surface area contributed by atoms with E-state index in [1.165, 1.54) is 19.1 Å². The number of fused-ring (bicyclic) bond motifs is 2. The largest absolute Gasteiger partial charge is 0.449 e. The second kappa shape index (κ2) is 7.79. The van der Waals surface area contributed by atoms with Gasteiger partial charge in [-0.2, -0.15) is 0 Å². The molecule has 5 nitrogen and oxygen atoms in total. The highest BCUT2D eigenvalue weighted by atomic mass is 35.5. The van der Waals surface area contributed by atoms with Crippen LogP contribution >= 0.6 is 11.6 Å². The maximum absolute atomic E-state index is 13.9. The van der Waals surface area contributed by atoms with Gasteiger partial charge in [0, 0.05) is 16.1 Å². The van der Waals surface area contributed by atoms with E-state index in [4.69, 9.17) is 16.3 Å². The van der Waals surface area contributed by atoms with E-state index in [0.29, 0.717) is 10.9 Å². The third-order valence-corrected chi connectivity index (χ3v) is 5.20. The van der Waals surface area contributed by atoms with E-state index in [1.807, 2.05) is 24.3 Å². The zero-order valence-electron chi connectivity index (χ0n) is 15.7. The van der Waals surface area contributed by atoms with Crippen LogP contribution in [0.4, 0.5) is 10.1 Å². The van der Waals surface area contributed by atoms with Gasteiger partial charge in [-0.3, -0.25) is 9.78 Å². The van der Waals surface area contributed by atoms with Crippen molar-refractivity contribution >= 4 is 40.1 Å². The molecule has 0 spiro atoms. The number of aryl methyl sites for hydroxylation is 1. The number of halogens is 2. The Morgan fingerprint density at radius 3 is 2.79 bits per heavy atom. The highest BCUT2D eigenvalue weighted by Gasteiger charge is 2.27. The molecular weight excluding hydrogens is 395 g/mol. The Bertz CT molecular complexity index is 1130. The first-order chi connectivity index (χ1) is 13.9. The molecule has 0 radical (unpaired) electrons. The van der Waals surface area contributed by atoms with Crippen molar-refractivity contribution in [2.45, 2.75) is 32.3 Å². The van der Waals surface area contributed by atoms with Gasteiger partial charge >= 0.3 is 5.97 Å². The summed E-state index contributed by atoms with van der Waals surface area (Å²) in [5.74, 6) is -1.88. The first kappa shape index (κ1) is 19.3. The molecule has 0 unspecified atom stereocenters. The second-order valence-electron chi connectivity index (χ2n) is 6.94. The number of pyridine rings is 1. The standard InChI is InChI=1S/C22H18ClFN2O3/c1-12(21(27)26-19-10-9-13(23)11-16(19)24)29-22(28)20-14-5-2-3-7-17(14)25-18-8-4-6-15(18)20/h2-3,5,7,9-12H,4,6,8H2,1H3,(H,26,27)/t12-/m1/s1. The van der Waals surface area contributed by atoms with Gasteiger partial charge in [0.05, 0.1) is 16.8 Å². The molecule has 0 aliphatic heterocycles.